The van der Waals surface area contributed by atoms with Crippen LogP contribution in [0.2, 0.25) is 0 Å². The molecule has 1 aromatic rings. The number of carbonyl (C=O) groups excluding carboxylic acids is 1. The van der Waals surface area contributed by atoms with Gasteiger partial charge in [-0.1, -0.05) is 0 Å². The second kappa shape index (κ2) is 6.31. The van der Waals surface area contributed by atoms with Gasteiger partial charge in [-0.05, 0) is 37.8 Å². The highest BCUT2D eigenvalue weighted by molar-refractivity contribution is 7.49. The van der Waals surface area contributed by atoms with Gasteiger partial charge in [-0.2, -0.15) is 0 Å². The van der Waals surface area contributed by atoms with Gasteiger partial charge in [-0.15, -0.1) is 11.3 Å². The zero-order valence-electron chi connectivity index (χ0n) is 9.97. The van der Waals surface area contributed by atoms with E-state index >= 15 is 0 Å². The Kier molecular flexibility index (Phi) is 5.33. The fourth-order valence-electron chi connectivity index (χ4n) is 1.13. The van der Waals surface area contributed by atoms with E-state index in [-0.39, 0.29) is 13.2 Å². The summed E-state index contributed by atoms with van der Waals surface area (Å²) in [5, 5.41) is 1.76. The Morgan fingerprint density at radius 1 is 1.35 bits per heavy atom. The quantitative estimate of drug-likeness (QED) is 0.746. The normalized spacial score (nSPS) is 11.5. The molecule has 0 saturated carbocycles. The summed E-state index contributed by atoms with van der Waals surface area (Å²) in [7, 11) is -3.78. The molecule has 0 fully saturated rings. The molecule has 0 atom stereocenters. The first kappa shape index (κ1) is 14.4. The van der Waals surface area contributed by atoms with Crippen LogP contribution in [0.4, 0.5) is 0 Å². The van der Waals surface area contributed by atoms with Gasteiger partial charge < -0.3 is 4.52 Å². The molecule has 0 N–H and O–H groups in total. The van der Waals surface area contributed by atoms with Crippen LogP contribution in [-0.2, 0) is 18.1 Å². The predicted molar refractivity (Wildman–Crippen MR) is 65.3 cm³/mol. The molecule has 0 aliphatic carbocycles. The van der Waals surface area contributed by atoms with E-state index in [2.05, 4.69) is 0 Å². The molecule has 1 heterocycles. The van der Waals surface area contributed by atoms with E-state index in [1.54, 1.807) is 32.2 Å². The summed E-state index contributed by atoms with van der Waals surface area (Å²) in [6.07, 6.45) is 0. The molecule has 0 aromatic carbocycles. The van der Waals surface area contributed by atoms with Crippen LogP contribution in [0, 0.1) is 6.92 Å². The van der Waals surface area contributed by atoms with E-state index in [0.717, 1.165) is 5.56 Å². The van der Waals surface area contributed by atoms with Crippen LogP contribution in [0.5, 0.6) is 0 Å². The lowest BCUT2D eigenvalue weighted by molar-refractivity contribution is 0.0610. The molecule has 0 bridgehead atoms. The molecule has 17 heavy (non-hydrogen) atoms. The van der Waals surface area contributed by atoms with Gasteiger partial charge in [0.1, 0.15) is 4.88 Å². The molecule has 96 valence electrons. The number of phosphoric ester groups is 1. The van der Waals surface area contributed by atoms with E-state index in [1.807, 2.05) is 0 Å². The highest BCUT2D eigenvalue weighted by Gasteiger charge is 2.31. The number of thiophene rings is 1. The van der Waals surface area contributed by atoms with Gasteiger partial charge in [0, 0.05) is 0 Å². The van der Waals surface area contributed by atoms with Gasteiger partial charge in [-0.3, -0.25) is 9.05 Å². The first-order chi connectivity index (χ1) is 8.02. The third-order valence-electron chi connectivity index (χ3n) is 1.82. The Balaban J connectivity index is 2.78. The molecule has 7 heteroatoms. The van der Waals surface area contributed by atoms with Crippen LogP contribution in [0.3, 0.4) is 0 Å². The summed E-state index contributed by atoms with van der Waals surface area (Å²) in [4.78, 5) is 12.2. The topological polar surface area (TPSA) is 61.8 Å². The average Bonchev–Trinajstić information content (AvgIpc) is 2.64. The van der Waals surface area contributed by atoms with Crippen molar-refractivity contribution in [3.8, 4) is 0 Å². The van der Waals surface area contributed by atoms with Crippen LogP contribution < -0.4 is 0 Å². The molecule has 0 amide bonds. The van der Waals surface area contributed by atoms with Crippen molar-refractivity contribution in [2.75, 3.05) is 13.2 Å². The van der Waals surface area contributed by atoms with Crippen molar-refractivity contribution in [1.29, 1.82) is 0 Å². The van der Waals surface area contributed by atoms with Crippen LogP contribution >= 0.6 is 19.2 Å². The number of aryl methyl sites for hydroxylation is 1. The van der Waals surface area contributed by atoms with Crippen LogP contribution in [0.15, 0.2) is 11.4 Å². The van der Waals surface area contributed by atoms with Crippen LogP contribution in [-0.4, -0.2) is 19.2 Å². The Hall–Kier alpha value is -0.680. The maximum Gasteiger partial charge on any atom is 0.532 e. The number of phosphoric acid groups is 1. The van der Waals surface area contributed by atoms with E-state index in [4.69, 9.17) is 13.6 Å². The third-order valence-corrected chi connectivity index (χ3v) is 4.35. The van der Waals surface area contributed by atoms with Crippen molar-refractivity contribution in [3.63, 3.8) is 0 Å². The predicted octanol–water partition coefficient (Wildman–Crippen LogP) is 3.39. The zero-order valence-corrected chi connectivity index (χ0v) is 11.7. The molecule has 1 rings (SSSR count). The zero-order chi connectivity index (χ0) is 12.9. The van der Waals surface area contributed by atoms with Gasteiger partial charge in [0.2, 0.25) is 0 Å². The van der Waals surface area contributed by atoms with Gasteiger partial charge in [0.15, 0.2) is 0 Å². The summed E-state index contributed by atoms with van der Waals surface area (Å²) < 4.78 is 26.5. The van der Waals surface area contributed by atoms with Crippen molar-refractivity contribution < 1.29 is 22.9 Å². The fraction of sp³-hybridized carbons (Fsp3) is 0.500. The van der Waals surface area contributed by atoms with E-state index in [9.17, 15) is 9.36 Å². The molecule has 0 unspecified atom stereocenters. The largest absolute Gasteiger partial charge is 0.532 e. The number of carbonyl (C=O) groups is 1. The van der Waals surface area contributed by atoms with Crippen LogP contribution in [0.1, 0.15) is 29.1 Å². The molecule has 0 radical (unpaired) electrons. The average molecular weight is 278 g/mol. The SMILES string of the molecule is CCOP(=O)(OCC)OC(=O)c1sccc1C. The molecular formula is C10H15O5PS. The minimum absolute atomic E-state index is 0.147. The van der Waals surface area contributed by atoms with Gasteiger partial charge in [0.05, 0.1) is 13.2 Å². The van der Waals surface area contributed by atoms with E-state index in [1.165, 1.54) is 11.3 Å². The number of hydrogen-bond donors (Lipinski definition) is 0. The van der Waals surface area contributed by atoms with Gasteiger partial charge in [-0.25, -0.2) is 9.36 Å². The summed E-state index contributed by atoms with van der Waals surface area (Å²) in [6.45, 7) is 5.37. The van der Waals surface area contributed by atoms with Crippen molar-refractivity contribution in [3.05, 3.63) is 21.9 Å². The van der Waals surface area contributed by atoms with Crippen molar-refractivity contribution in [2.45, 2.75) is 20.8 Å². The van der Waals surface area contributed by atoms with Gasteiger partial charge in [0.25, 0.3) is 0 Å². The molecule has 1 aromatic heterocycles. The maximum absolute atomic E-state index is 11.9. The molecule has 5 nitrogen and oxygen atoms in total. The Morgan fingerprint density at radius 2 is 1.94 bits per heavy atom. The second-order valence-electron chi connectivity index (χ2n) is 3.09. The number of hydrogen-bond acceptors (Lipinski definition) is 6. The summed E-state index contributed by atoms with van der Waals surface area (Å²) in [5.74, 6) is -0.678. The fourth-order valence-corrected chi connectivity index (χ4v) is 3.10. The van der Waals surface area contributed by atoms with E-state index in [0.29, 0.717) is 4.88 Å². The smallest absolute Gasteiger partial charge is 0.366 e. The standard InChI is InChI=1S/C10H15O5PS/c1-4-13-16(12,14-5-2)15-10(11)9-8(3)6-7-17-9/h6-7H,4-5H2,1-3H3. The van der Waals surface area contributed by atoms with E-state index < -0.39 is 13.8 Å². The lowest BCUT2D eigenvalue weighted by atomic mass is 10.3. The first-order valence-electron chi connectivity index (χ1n) is 5.19. The van der Waals surface area contributed by atoms with Crippen molar-refractivity contribution >= 4 is 25.1 Å². The molecule has 0 saturated heterocycles. The summed E-state index contributed by atoms with van der Waals surface area (Å²) in [6, 6.07) is 1.79. The summed E-state index contributed by atoms with van der Waals surface area (Å²) >= 11 is 1.23. The minimum atomic E-state index is -3.78. The highest BCUT2D eigenvalue weighted by Crippen LogP contribution is 2.50. The lowest BCUT2D eigenvalue weighted by Crippen LogP contribution is -2.07. The Bertz CT molecular complexity index is 418. The summed E-state index contributed by atoms with van der Waals surface area (Å²) in [5.41, 5.74) is 0.777. The highest BCUT2D eigenvalue weighted by atomic mass is 32.1. The molecule has 0 spiro atoms. The lowest BCUT2D eigenvalue weighted by Gasteiger charge is -2.15. The van der Waals surface area contributed by atoms with Crippen molar-refractivity contribution in [1.82, 2.24) is 0 Å². The Morgan fingerprint density at radius 3 is 2.35 bits per heavy atom. The maximum atomic E-state index is 11.9. The monoisotopic (exact) mass is 278 g/mol. The number of rotatable bonds is 6. The minimum Gasteiger partial charge on any atom is -0.366 e. The second-order valence-corrected chi connectivity index (χ2v) is 5.60. The van der Waals surface area contributed by atoms with Crippen LogP contribution in [0.25, 0.3) is 0 Å². The van der Waals surface area contributed by atoms with Crippen molar-refractivity contribution in [2.24, 2.45) is 0 Å². The first-order valence-corrected chi connectivity index (χ1v) is 7.53. The third kappa shape index (κ3) is 3.92. The van der Waals surface area contributed by atoms with Gasteiger partial charge >= 0.3 is 13.8 Å². The molecular weight excluding hydrogens is 263 g/mol. The Labute approximate surface area is 104 Å². The molecule has 0 aliphatic rings. The molecule has 0 aliphatic heterocycles.